The van der Waals surface area contributed by atoms with Gasteiger partial charge in [0.1, 0.15) is 6.54 Å². The minimum Gasteiger partial charge on any atom is -0.352 e. The Labute approximate surface area is 113 Å². The number of pyridine rings is 1. The van der Waals surface area contributed by atoms with Crippen LogP contribution in [0, 0.1) is 6.92 Å². The van der Waals surface area contributed by atoms with Crippen molar-refractivity contribution >= 4 is 11.8 Å². The first-order valence-corrected chi connectivity index (χ1v) is 6.37. The largest absolute Gasteiger partial charge is 0.352 e. The fourth-order valence-corrected chi connectivity index (χ4v) is 2.12. The molecule has 0 unspecified atom stereocenters. The van der Waals surface area contributed by atoms with Crippen molar-refractivity contribution < 1.29 is 9.59 Å². The number of aryl methyl sites for hydroxylation is 1. The van der Waals surface area contributed by atoms with E-state index in [0.717, 1.165) is 11.3 Å². The fraction of sp³-hybridized carbons (Fsp3) is 0.500. The molecule has 1 aromatic heterocycles. The quantitative estimate of drug-likeness (QED) is 0.851. The van der Waals surface area contributed by atoms with Crippen molar-refractivity contribution in [2.75, 3.05) is 13.1 Å². The average molecular weight is 261 g/mol. The molecule has 2 heterocycles. The molecule has 2 rings (SSSR count). The van der Waals surface area contributed by atoms with Crippen LogP contribution in [0.3, 0.4) is 0 Å². The van der Waals surface area contributed by atoms with E-state index < -0.39 is 0 Å². The molecule has 0 spiro atoms. The van der Waals surface area contributed by atoms with Gasteiger partial charge in [0.05, 0.1) is 12.0 Å². The number of hydrogen-bond acceptors (Lipinski definition) is 3. The van der Waals surface area contributed by atoms with E-state index in [4.69, 9.17) is 0 Å². The first kappa shape index (κ1) is 13.5. The minimum atomic E-state index is -0.344. The van der Waals surface area contributed by atoms with Crippen molar-refractivity contribution in [2.45, 2.75) is 32.7 Å². The van der Waals surface area contributed by atoms with E-state index in [9.17, 15) is 9.59 Å². The third kappa shape index (κ3) is 3.10. The number of aromatic nitrogens is 1. The molecule has 1 aliphatic heterocycles. The molecule has 19 heavy (non-hydrogen) atoms. The van der Waals surface area contributed by atoms with Gasteiger partial charge in [-0.15, -0.1) is 0 Å². The van der Waals surface area contributed by atoms with E-state index in [1.54, 1.807) is 11.1 Å². The van der Waals surface area contributed by atoms with Crippen LogP contribution in [0.15, 0.2) is 18.3 Å². The average Bonchev–Trinajstić information content (AvgIpc) is 2.35. The highest BCUT2D eigenvalue weighted by molar-refractivity contribution is 5.87. The second kappa shape index (κ2) is 4.99. The number of carbonyl (C=O) groups excluding carboxylic acids is 2. The number of piperazine rings is 1. The monoisotopic (exact) mass is 261 g/mol. The molecule has 0 saturated carbocycles. The van der Waals surface area contributed by atoms with Crippen LogP contribution in [0.25, 0.3) is 0 Å². The third-order valence-electron chi connectivity index (χ3n) is 3.38. The van der Waals surface area contributed by atoms with Crippen LogP contribution in [-0.2, 0) is 16.0 Å². The van der Waals surface area contributed by atoms with Crippen LogP contribution in [0.5, 0.6) is 0 Å². The van der Waals surface area contributed by atoms with Crippen molar-refractivity contribution in [3.05, 3.63) is 29.6 Å². The molecule has 102 valence electrons. The maximum Gasteiger partial charge on any atom is 0.239 e. The molecule has 5 nitrogen and oxygen atoms in total. The first-order chi connectivity index (χ1) is 8.88. The smallest absolute Gasteiger partial charge is 0.239 e. The highest BCUT2D eigenvalue weighted by Gasteiger charge is 2.36. The number of nitrogens with one attached hydrogen (secondary N) is 1. The molecule has 1 saturated heterocycles. The van der Waals surface area contributed by atoms with Crippen LogP contribution < -0.4 is 5.32 Å². The van der Waals surface area contributed by atoms with E-state index in [2.05, 4.69) is 10.3 Å². The summed E-state index contributed by atoms with van der Waals surface area (Å²) in [7, 11) is 0. The minimum absolute atomic E-state index is 0.0366. The van der Waals surface area contributed by atoms with Crippen molar-refractivity contribution in [3.63, 3.8) is 0 Å². The number of amides is 2. The van der Waals surface area contributed by atoms with Gasteiger partial charge in [-0.25, -0.2) is 0 Å². The Morgan fingerprint density at radius 1 is 1.47 bits per heavy atom. The van der Waals surface area contributed by atoms with Gasteiger partial charge in [0.15, 0.2) is 0 Å². The van der Waals surface area contributed by atoms with E-state index in [0.29, 0.717) is 6.54 Å². The Bertz CT molecular complexity index is 494. The molecule has 0 aliphatic carbocycles. The van der Waals surface area contributed by atoms with Crippen molar-refractivity contribution in [2.24, 2.45) is 0 Å². The van der Waals surface area contributed by atoms with Crippen LogP contribution in [0.1, 0.15) is 25.1 Å². The lowest BCUT2D eigenvalue weighted by Gasteiger charge is -2.42. The predicted octanol–water partition coefficient (Wildman–Crippen LogP) is 0.670. The van der Waals surface area contributed by atoms with Gasteiger partial charge in [0, 0.05) is 18.4 Å². The summed E-state index contributed by atoms with van der Waals surface area (Å²) in [6.45, 7) is 6.44. The molecule has 0 atom stereocenters. The highest BCUT2D eigenvalue weighted by Crippen LogP contribution is 2.18. The zero-order chi connectivity index (χ0) is 14.0. The lowest BCUT2D eigenvalue weighted by atomic mass is 9.98. The molecule has 0 bridgehead atoms. The predicted molar refractivity (Wildman–Crippen MR) is 71.5 cm³/mol. The van der Waals surface area contributed by atoms with Crippen molar-refractivity contribution in [1.82, 2.24) is 15.2 Å². The van der Waals surface area contributed by atoms with Gasteiger partial charge >= 0.3 is 0 Å². The van der Waals surface area contributed by atoms with Gasteiger partial charge in [0.2, 0.25) is 11.8 Å². The van der Waals surface area contributed by atoms with Gasteiger partial charge < -0.3 is 10.2 Å². The van der Waals surface area contributed by atoms with Gasteiger partial charge in [-0.05, 0) is 32.4 Å². The number of rotatable bonds is 2. The second-order valence-corrected chi connectivity index (χ2v) is 5.55. The summed E-state index contributed by atoms with van der Waals surface area (Å²) < 4.78 is 0. The van der Waals surface area contributed by atoms with E-state index >= 15 is 0 Å². The van der Waals surface area contributed by atoms with Crippen LogP contribution in [0.4, 0.5) is 0 Å². The standard InChI is InChI=1S/C14H19N3O2/c1-10-4-5-11(7-15-10)6-13(19)17-8-12(18)16-9-14(17,2)3/h4-5,7H,6,8-9H2,1-3H3,(H,16,18). The molecule has 0 radical (unpaired) electrons. The maximum absolute atomic E-state index is 12.3. The molecule has 1 aromatic rings. The van der Waals surface area contributed by atoms with Crippen LogP contribution in [0.2, 0.25) is 0 Å². The lowest BCUT2D eigenvalue weighted by molar-refractivity contribution is -0.144. The molecule has 1 N–H and O–H groups in total. The van der Waals surface area contributed by atoms with E-state index in [-0.39, 0.29) is 30.3 Å². The zero-order valence-electron chi connectivity index (χ0n) is 11.6. The summed E-state index contributed by atoms with van der Waals surface area (Å²) in [4.78, 5) is 29.6. The lowest BCUT2D eigenvalue weighted by Crippen LogP contribution is -2.62. The summed E-state index contributed by atoms with van der Waals surface area (Å²) in [6, 6.07) is 3.79. The molecule has 2 amide bonds. The third-order valence-corrected chi connectivity index (χ3v) is 3.38. The van der Waals surface area contributed by atoms with Gasteiger partial charge in [0.25, 0.3) is 0 Å². The topological polar surface area (TPSA) is 62.3 Å². The fourth-order valence-electron chi connectivity index (χ4n) is 2.12. The van der Waals surface area contributed by atoms with Crippen LogP contribution >= 0.6 is 0 Å². The molecule has 5 heteroatoms. The number of hydrogen-bond donors (Lipinski definition) is 1. The SMILES string of the molecule is Cc1ccc(CC(=O)N2CC(=O)NCC2(C)C)cn1. The van der Waals surface area contributed by atoms with E-state index in [1.165, 1.54) is 0 Å². The summed E-state index contributed by atoms with van der Waals surface area (Å²) in [5.41, 5.74) is 1.45. The summed E-state index contributed by atoms with van der Waals surface area (Å²) in [6.07, 6.45) is 1.99. The van der Waals surface area contributed by atoms with Gasteiger partial charge in [-0.3, -0.25) is 14.6 Å². The number of nitrogens with zero attached hydrogens (tertiary/aromatic N) is 2. The van der Waals surface area contributed by atoms with Crippen molar-refractivity contribution in [3.8, 4) is 0 Å². The second-order valence-electron chi connectivity index (χ2n) is 5.55. The molecular formula is C14H19N3O2. The Hall–Kier alpha value is -1.91. The summed E-state index contributed by atoms with van der Waals surface area (Å²) >= 11 is 0. The Morgan fingerprint density at radius 2 is 2.21 bits per heavy atom. The van der Waals surface area contributed by atoms with Gasteiger partial charge in [-0.2, -0.15) is 0 Å². The Kier molecular flexibility index (Phi) is 3.55. The Balaban J connectivity index is 2.10. The summed E-state index contributed by atoms with van der Waals surface area (Å²) in [5.74, 6) is -0.139. The normalized spacial score (nSPS) is 18.1. The molecule has 1 aliphatic rings. The molecular weight excluding hydrogens is 242 g/mol. The molecule has 1 fully saturated rings. The van der Waals surface area contributed by atoms with Crippen molar-refractivity contribution in [1.29, 1.82) is 0 Å². The molecule has 0 aromatic carbocycles. The maximum atomic E-state index is 12.3. The van der Waals surface area contributed by atoms with E-state index in [1.807, 2.05) is 32.9 Å². The first-order valence-electron chi connectivity index (χ1n) is 6.37. The summed E-state index contributed by atoms with van der Waals surface area (Å²) in [5, 5.41) is 2.78. The van der Waals surface area contributed by atoms with Crippen LogP contribution in [-0.4, -0.2) is 40.3 Å². The highest BCUT2D eigenvalue weighted by atomic mass is 16.2. The number of carbonyl (C=O) groups is 2. The Morgan fingerprint density at radius 3 is 2.84 bits per heavy atom. The zero-order valence-corrected chi connectivity index (χ0v) is 11.6. The van der Waals surface area contributed by atoms with Gasteiger partial charge in [-0.1, -0.05) is 6.07 Å².